The fourth-order valence-corrected chi connectivity index (χ4v) is 2.69. The van der Waals surface area contributed by atoms with Crippen LogP contribution in [-0.2, 0) is 0 Å². The first-order valence-corrected chi connectivity index (χ1v) is 6.69. The molecule has 1 aromatic carbocycles. The molecule has 1 aromatic rings. The highest BCUT2D eigenvalue weighted by molar-refractivity contribution is 6.01. The van der Waals surface area contributed by atoms with E-state index in [0.29, 0.717) is 17.1 Å². The number of hydrogen-bond donors (Lipinski definition) is 1. The summed E-state index contributed by atoms with van der Waals surface area (Å²) in [5.74, 6) is 1.24. The Morgan fingerprint density at radius 2 is 1.95 bits per heavy atom. The van der Waals surface area contributed by atoms with Gasteiger partial charge in [-0.2, -0.15) is 0 Å². The Balaban J connectivity index is 2.27. The molecule has 0 aliphatic heterocycles. The van der Waals surface area contributed by atoms with Crippen molar-refractivity contribution in [3.8, 4) is 11.5 Å². The summed E-state index contributed by atoms with van der Waals surface area (Å²) in [6, 6.07) is 5.25. The number of nitrogens with two attached hydrogens (primary N) is 1. The summed E-state index contributed by atoms with van der Waals surface area (Å²) in [7, 11) is 3.15. The predicted molar refractivity (Wildman–Crippen MR) is 73.8 cm³/mol. The van der Waals surface area contributed by atoms with Gasteiger partial charge in [-0.15, -0.1) is 0 Å². The standard InChI is InChI=1S/C15H21NO3/c1-18-10-7-8-12(14(9-10)19-2)15(17)11-5-3-4-6-13(11)16/h7-9,11,13H,3-6,16H2,1-2H3. The second-order valence-electron chi connectivity index (χ2n) is 4.99. The van der Waals surface area contributed by atoms with Crippen LogP contribution in [0.3, 0.4) is 0 Å². The van der Waals surface area contributed by atoms with Crippen LogP contribution in [0.1, 0.15) is 36.0 Å². The van der Waals surface area contributed by atoms with Crippen LogP contribution in [0.25, 0.3) is 0 Å². The summed E-state index contributed by atoms with van der Waals surface area (Å²) in [6.45, 7) is 0. The number of methoxy groups -OCH3 is 2. The first kappa shape index (κ1) is 13.9. The molecule has 1 aliphatic carbocycles. The quantitative estimate of drug-likeness (QED) is 0.847. The van der Waals surface area contributed by atoms with E-state index in [1.807, 2.05) is 0 Å². The van der Waals surface area contributed by atoms with E-state index in [9.17, 15) is 4.79 Å². The molecule has 19 heavy (non-hydrogen) atoms. The van der Waals surface area contributed by atoms with E-state index >= 15 is 0 Å². The number of Topliss-reactive ketones (excluding diaryl/α,β-unsaturated/α-hetero) is 1. The molecule has 104 valence electrons. The van der Waals surface area contributed by atoms with E-state index in [1.165, 1.54) is 0 Å². The van der Waals surface area contributed by atoms with E-state index in [0.717, 1.165) is 25.7 Å². The number of carbonyl (C=O) groups is 1. The molecule has 0 saturated heterocycles. The van der Waals surface area contributed by atoms with Crippen molar-refractivity contribution in [2.75, 3.05) is 14.2 Å². The second kappa shape index (κ2) is 6.06. The van der Waals surface area contributed by atoms with Gasteiger partial charge in [-0.05, 0) is 25.0 Å². The molecule has 0 radical (unpaired) electrons. The van der Waals surface area contributed by atoms with Crippen LogP contribution in [0.2, 0.25) is 0 Å². The smallest absolute Gasteiger partial charge is 0.171 e. The Morgan fingerprint density at radius 3 is 2.58 bits per heavy atom. The minimum absolute atomic E-state index is 0.0342. The maximum absolute atomic E-state index is 12.6. The van der Waals surface area contributed by atoms with Crippen LogP contribution < -0.4 is 15.2 Å². The van der Waals surface area contributed by atoms with Crippen LogP contribution in [-0.4, -0.2) is 26.0 Å². The van der Waals surface area contributed by atoms with Crippen LogP contribution in [0.15, 0.2) is 18.2 Å². The summed E-state index contributed by atoms with van der Waals surface area (Å²) in [5, 5.41) is 0. The average molecular weight is 263 g/mol. The molecule has 0 bridgehead atoms. The molecule has 2 rings (SSSR count). The minimum Gasteiger partial charge on any atom is -0.497 e. The van der Waals surface area contributed by atoms with Gasteiger partial charge in [0.25, 0.3) is 0 Å². The van der Waals surface area contributed by atoms with Gasteiger partial charge in [0, 0.05) is 18.0 Å². The van der Waals surface area contributed by atoms with Gasteiger partial charge in [-0.25, -0.2) is 0 Å². The molecule has 0 heterocycles. The molecule has 1 fully saturated rings. The largest absolute Gasteiger partial charge is 0.497 e. The molecule has 0 aromatic heterocycles. The van der Waals surface area contributed by atoms with Gasteiger partial charge in [-0.3, -0.25) is 4.79 Å². The van der Waals surface area contributed by atoms with Crippen molar-refractivity contribution in [3.05, 3.63) is 23.8 Å². The lowest BCUT2D eigenvalue weighted by atomic mass is 9.80. The number of carbonyl (C=O) groups excluding carboxylic acids is 1. The van der Waals surface area contributed by atoms with Crippen LogP contribution >= 0.6 is 0 Å². The minimum atomic E-state index is -0.0870. The summed E-state index contributed by atoms with van der Waals surface area (Å²) in [6.07, 6.45) is 3.98. The maximum atomic E-state index is 12.6. The molecule has 4 heteroatoms. The predicted octanol–water partition coefficient (Wildman–Crippen LogP) is 2.40. The lowest BCUT2D eigenvalue weighted by Gasteiger charge is -2.27. The van der Waals surface area contributed by atoms with Gasteiger partial charge in [0.05, 0.1) is 19.8 Å². The number of benzene rings is 1. The zero-order chi connectivity index (χ0) is 13.8. The highest BCUT2D eigenvalue weighted by atomic mass is 16.5. The third-order valence-corrected chi connectivity index (χ3v) is 3.83. The van der Waals surface area contributed by atoms with Gasteiger partial charge in [0.2, 0.25) is 0 Å². The summed E-state index contributed by atoms with van der Waals surface area (Å²) >= 11 is 0. The summed E-state index contributed by atoms with van der Waals surface area (Å²) in [5.41, 5.74) is 6.68. The van der Waals surface area contributed by atoms with E-state index in [4.69, 9.17) is 15.2 Å². The fraction of sp³-hybridized carbons (Fsp3) is 0.533. The highest BCUT2D eigenvalue weighted by Gasteiger charge is 2.30. The first-order valence-electron chi connectivity index (χ1n) is 6.69. The maximum Gasteiger partial charge on any atom is 0.171 e. The fourth-order valence-electron chi connectivity index (χ4n) is 2.69. The van der Waals surface area contributed by atoms with Crippen molar-refractivity contribution in [1.82, 2.24) is 0 Å². The molecule has 1 aliphatic rings. The number of hydrogen-bond acceptors (Lipinski definition) is 4. The van der Waals surface area contributed by atoms with Gasteiger partial charge >= 0.3 is 0 Å². The van der Waals surface area contributed by atoms with Crippen molar-refractivity contribution in [2.45, 2.75) is 31.7 Å². The number of ketones is 1. The van der Waals surface area contributed by atoms with E-state index in [1.54, 1.807) is 32.4 Å². The van der Waals surface area contributed by atoms with Crippen molar-refractivity contribution in [3.63, 3.8) is 0 Å². The molecule has 2 unspecified atom stereocenters. The van der Waals surface area contributed by atoms with E-state index in [2.05, 4.69) is 0 Å². The van der Waals surface area contributed by atoms with Crippen molar-refractivity contribution < 1.29 is 14.3 Å². The second-order valence-corrected chi connectivity index (χ2v) is 4.99. The number of rotatable bonds is 4. The third-order valence-electron chi connectivity index (χ3n) is 3.83. The molecule has 1 saturated carbocycles. The topological polar surface area (TPSA) is 61.5 Å². The Kier molecular flexibility index (Phi) is 4.43. The monoisotopic (exact) mass is 263 g/mol. The normalized spacial score (nSPS) is 22.9. The zero-order valence-corrected chi connectivity index (χ0v) is 11.5. The van der Waals surface area contributed by atoms with Crippen molar-refractivity contribution in [1.29, 1.82) is 0 Å². The Morgan fingerprint density at radius 1 is 1.21 bits per heavy atom. The van der Waals surface area contributed by atoms with Crippen molar-refractivity contribution >= 4 is 5.78 Å². The van der Waals surface area contributed by atoms with Gasteiger partial charge in [-0.1, -0.05) is 12.8 Å². The highest BCUT2D eigenvalue weighted by Crippen LogP contribution is 2.31. The summed E-state index contributed by atoms with van der Waals surface area (Å²) < 4.78 is 10.4. The molecule has 0 amide bonds. The molecule has 2 atom stereocenters. The Bertz CT molecular complexity index is 459. The SMILES string of the molecule is COc1ccc(C(=O)C2CCCCC2N)c(OC)c1. The number of ether oxygens (including phenoxy) is 2. The summed E-state index contributed by atoms with van der Waals surface area (Å²) in [4.78, 5) is 12.6. The van der Waals surface area contributed by atoms with Crippen LogP contribution in [0.4, 0.5) is 0 Å². The van der Waals surface area contributed by atoms with Gasteiger partial charge in [0.15, 0.2) is 5.78 Å². The lowest BCUT2D eigenvalue weighted by Crippen LogP contribution is -2.38. The average Bonchev–Trinajstić information content (AvgIpc) is 2.46. The van der Waals surface area contributed by atoms with Crippen LogP contribution in [0, 0.1) is 5.92 Å². The lowest BCUT2D eigenvalue weighted by molar-refractivity contribution is 0.0868. The van der Waals surface area contributed by atoms with Gasteiger partial charge in [0.1, 0.15) is 11.5 Å². The van der Waals surface area contributed by atoms with Gasteiger partial charge < -0.3 is 15.2 Å². The van der Waals surface area contributed by atoms with E-state index in [-0.39, 0.29) is 17.7 Å². The zero-order valence-electron chi connectivity index (χ0n) is 11.5. The third kappa shape index (κ3) is 2.89. The van der Waals surface area contributed by atoms with E-state index < -0.39 is 0 Å². The molecular weight excluding hydrogens is 242 g/mol. The molecule has 4 nitrogen and oxygen atoms in total. The Hall–Kier alpha value is -1.55. The Labute approximate surface area is 113 Å². The molecule has 2 N–H and O–H groups in total. The van der Waals surface area contributed by atoms with Crippen molar-refractivity contribution in [2.24, 2.45) is 11.7 Å². The first-order chi connectivity index (χ1) is 9.17. The molecular formula is C15H21NO3. The van der Waals surface area contributed by atoms with Crippen LogP contribution in [0.5, 0.6) is 11.5 Å². The molecule has 0 spiro atoms.